The highest BCUT2D eigenvalue weighted by atomic mass is 19.1. The summed E-state index contributed by atoms with van der Waals surface area (Å²) in [6, 6.07) is 11.1. The molecule has 8 heteroatoms. The maximum absolute atomic E-state index is 14.3. The van der Waals surface area contributed by atoms with E-state index in [1.807, 2.05) is 26.0 Å². The number of fused-ring (bicyclic) bond motifs is 2. The highest BCUT2D eigenvalue weighted by Gasteiger charge is 2.41. The summed E-state index contributed by atoms with van der Waals surface area (Å²) >= 11 is 0. The van der Waals surface area contributed by atoms with Crippen LogP contribution < -0.4 is 4.74 Å². The van der Waals surface area contributed by atoms with Crippen LogP contribution in [0.15, 0.2) is 36.5 Å². The number of hydrogen-bond acceptors (Lipinski definition) is 4. The predicted octanol–water partition coefficient (Wildman–Crippen LogP) is 5.42. The molecule has 4 aromatic rings. The summed E-state index contributed by atoms with van der Waals surface area (Å²) in [6.45, 7) is 4.04. The number of H-pyrrole nitrogens is 1. The minimum Gasteiger partial charge on any atom is -0.494 e. The summed E-state index contributed by atoms with van der Waals surface area (Å²) in [6.07, 6.45) is 3.10. The van der Waals surface area contributed by atoms with E-state index in [4.69, 9.17) is 4.74 Å². The van der Waals surface area contributed by atoms with E-state index < -0.39 is 17.2 Å². The Morgan fingerprint density at radius 3 is 2.79 bits per heavy atom. The summed E-state index contributed by atoms with van der Waals surface area (Å²) in [5.74, 6) is -1.44. The first-order valence-corrected chi connectivity index (χ1v) is 11.2. The number of nitrogens with zero attached hydrogens (tertiary/aromatic N) is 3. The Labute approximate surface area is 195 Å². The number of aromatic amines is 1. The van der Waals surface area contributed by atoms with Crippen molar-refractivity contribution in [2.24, 2.45) is 5.92 Å². The molecule has 0 aliphatic heterocycles. The quantitative estimate of drug-likeness (QED) is 0.400. The third kappa shape index (κ3) is 3.31. The number of nitrogens with one attached hydrogen (secondary N) is 1. The maximum Gasteiger partial charge on any atom is 0.306 e. The third-order valence-electron chi connectivity index (χ3n) is 7.02. The lowest BCUT2D eigenvalue weighted by atomic mass is 9.68. The van der Waals surface area contributed by atoms with Crippen molar-refractivity contribution in [1.82, 2.24) is 14.8 Å². The second-order valence-corrected chi connectivity index (χ2v) is 9.67. The molecular formula is C26H25FN4O3. The van der Waals surface area contributed by atoms with Gasteiger partial charge in [0.25, 0.3) is 0 Å². The van der Waals surface area contributed by atoms with Crippen LogP contribution in [0.5, 0.6) is 5.75 Å². The van der Waals surface area contributed by atoms with Crippen molar-refractivity contribution in [2.75, 3.05) is 7.11 Å². The van der Waals surface area contributed by atoms with Crippen LogP contribution in [-0.4, -0.2) is 33.0 Å². The number of methoxy groups -OCH3 is 1. The van der Waals surface area contributed by atoms with Crippen LogP contribution in [0.25, 0.3) is 27.5 Å². The summed E-state index contributed by atoms with van der Waals surface area (Å²) < 4.78 is 21.6. The molecule has 0 radical (unpaired) electrons. The van der Waals surface area contributed by atoms with Gasteiger partial charge in [-0.25, -0.2) is 4.39 Å². The second kappa shape index (κ2) is 7.87. The lowest BCUT2D eigenvalue weighted by molar-refractivity contribution is -0.145. The van der Waals surface area contributed by atoms with Crippen LogP contribution >= 0.6 is 0 Å². The van der Waals surface area contributed by atoms with E-state index in [1.54, 1.807) is 18.3 Å². The van der Waals surface area contributed by atoms with Gasteiger partial charge in [0.05, 0.1) is 36.3 Å². The highest BCUT2D eigenvalue weighted by molar-refractivity contribution is 5.99. The molecule has 0 atom stereocenters. The molecule has 34 heavy (non-hydrogen) atoms. The van der Waals surface area contributed by atoms with Crippen molar-refractivity contribution in [1.29, 1.82) is 5.26 Å². The molecule has 1 saturated carbocycles. The predicted molar refractivity (Wildman–Crippen MR) is 126 cm³/mol. The molecule has 5 rings (SSSR count). The molecule has 0 saturated heterocycles. The molecule has 2 aromatic heterocycles. The van der Waals surface area contributed by atoms with Crippen LogP contribution in [0.2, 0.25) is 0 Å². The maximum atomic E-state index is 14.3. The summed E-state index contributed by atoms with van der Waals surface area (Å²) in [5, 5.41) is 28.2. The molecule has 174 valence electrons. The largest absolute Gasteiger partial charge is 0.494 e. The summed E-state index contributed by atoms with van der Waals surface area (Å²) in [4.78, 5) is 11.6. The van der Waals surface area contributed by atoms with Crippen LogP contribution in [-0.2, 0) is 10.2 Å². The van der Waals surface area contributed by atoms with Gasteiger partial charge in [-0.1, -0.05) is 13.8 Å². The molecule has 0 unspecified atom stereocenters. The molecular weight excluding hydrogens is 435 g/mol. The second-order valence-electron chi connectivity index (χ2n) is 9.67. The summed E-state index contributed by atoms with van der Waals surface area (Å²) in [5.41, 5.74) is 3.93. The van der Waals surface area contributed by atoms with E-state index in [1.165, 1.54) is 13.2 Å². The topological polar surface area (TPSA) is 104 Å². The van der Waals surface area contributed by atoms with Crippen LogP contribution in [0, 0.1) is 23.1 Å². The Bertz CT molecular complexity index is 1470. The van der Waals surface area contributed by atoms with Gasteiger partial charge < -0.3 is 14.4 Å². The zero-order valence-corrected chi connectivity index (χ0v) is 19.2. The number of nitriles is 1. The average molecular weight is 461 g/mol. The van der Waals surface area contributed by atoms with Gasteiger partial charge in [-0.15, -0.1) is 0 Å². The Balaban J connectivity index is 1.87. The zero-order chi connectivity index (χ0) is 24.2. The van der Waals surface area contributed by atoms with Gasteiger partial charge in [-0.2, -0.15) is 10.4 Å². The van der Waals surface area contributed by atoms with E-state index in [0.29, 0.717) is 18.5 Å². The summed E-state index contributed by atoms with van der Waals surface area (Å²) in [7, 11) is 1.43. The Kier molecular flexibility index (Phi) is 5.08. The lowest BCUT2D eigenvalue weighted by Crippen LogP contribution is -2.31. The fraction of sp³-hybridized carbons (Fsp3) is 0.346. The van der Waals surface area contributed by atoms with E-state index in [0.717, 1.165) is 33.1 Å². The minimum atomic E-state index is -0.781. The van der Waals surface area contributed by atoms with Gasteiger partial charge in [0.1, 0.15) is 0 Å². The van der Waals surface area contributed by atoms with E-state index in [2.05, 4.69) is 20.8 Å². The van der Waals surface area contributed by atoms with Gasteiger partial charge >= 0.3 is 5.97 Å². The first kappa shape index (κ1) is 22.0. The normalized spacial score (nSPS) is 18.1. The number of halogens is 1. The Hall–Kier alpha value is -3.86. The van der Waals surface area contributed by atoms with Crippen molar-refractivity contribution in [3.8, 4) is 17.5 Å². The molecule has 2 heterocycles. The smallest absolute Gasteiger partial charge is 0.306 e. The monoisotopic (exact) mass is 460 g/mol. The van der Waals surface area contributed by atoms with Gasteiger partial charge in [0.15, 0.2) is 11.6 Å². The fourth-order valence-corrected chi connectivity index (χ4v) is 5.22. The molecule has 1 aliphatic carbocycles. The van der Waals surface area contributed by atoms with Crippen molar-refractivity contribution in [2.45, 2.75) is 44.4 Å². The molecule has 0 bridgehead atoms. The third-order valence-corrected chi connectivity index (χ3v) is 7.02. The van der Waals surface area contributed by atoms with Crippen LogP contribution in [0.1, 0.15) is 50.3 Å². The van der Waals surface area contributed by atoms with Crippen molar-refractivity contribution >= 4 is 27.8 Å². The number of rotatable bonds is 6. The number of carboxylic acids is 1. The van der Waals surface area contributed by atoms with Gasteiger partial charge in [0, 0.05) is 40.1 Å². The van der Waals surface area contributed by atoms with Crippen molar-refractivity contribution in [3.05, 3.63) is 53.6 Å². The zero-order valence-electron chi connectivity index (χ0n) is 19.2. The number of carboxylic acid groups (broad SMARTS) is 1. The van der Waals surface area contributed by atoms with Gasteiger partial charge in [0.2, 0.25) is 0 Å². The van der Waals surface area contributed by atoms with E-state index in [9.17, 15) is 19.6 Å². The van der Waals surface area contributed by atoms with Crippen LogP contribution in [0.3, 0.4) is 0 Å². The number of aromatic nitrogens is 3. The molecule has 2 aromatic carbocycles. The number of benzene rings is 2. The lowest BCUT2D eigenvalue weighted by Gasteiger charge is -2.36. The Morgan fingerprint density at radius 2 is 2.12 bits per heavy atom. The minimum absolute atomic E-state index is 0.0422. The van der Waals surface area contributed by atoms with Crippen molar-refractivity contribution < 1.29 is 19.0 Å². The first-order valence-electron chi connectivity index (χ1n) is 11.2. The van der Waals surface area contributed by atoms with Crippen LogP contribution in [0.4, 0.5) is 4.39 Å². The molecule has 2 N–H and O–H groups in total. The molecule has 7 nitrogen and oxygen atoms in total. The first-order chi connectivity index (χ1) is 16.2. The molecule has 1 fully saturated rings. The molecule has 0 amide bonds. The number of ether oxygens (including phenoxy) is 1. The van der Waals surface area contributed by atoms with Gasteiger partial charge in [-0.05, 0) is 48.6 Å². The average Bonchev–Trinajstić information content (AvgIpc) is 3.34. The SMILES string of the molecule is COc1cc(-n2c(C(C)(C)CC#N)c(C3CC(C(=O)O)C3)c3cc4[nH]ncc4cc32)ccc1F. The number of carbonyl (C=O) groups is 1. The fourth-order valence-electron chi connectivity index (χ4n) is 5.22. The molecule has 1 aliphatic rings. The van der Waals surface area contributed by atoms with Crippen molar-refractivity contribution in [3.63, 3.8) is 0 Å². The van der Waals surface area contributed by atoms with Gasteiger partial charge in [-0.3, -0.25) is 9.89 Å². The Morgan fingerprint density at radius 1 is 1.35 bits per heavy atom. The van der Waals surface area contributed by atoms with E-state index >= 15 is 0 Å². The standard InChI is InChI=1S/C26H25FN4O3/c1-26(2,6-7-28)24-23(14-8-15(9-14)25(32)33)18-12-20-16(13-29-30-20)10-21(18)31(24)17-4-5-19(27)22(11-17)34-3/h4-5,10-15H,6,8-9H2,1-3H3,(H,29,30)(H,32,33). The number of hydrogen-bond donors (Lipinski definition) is 2. The van der Waals surface area contributed by atoms with E-state index in [-0.39, 0.29) is 24.0 Å². The number of aliphatic carboxylic acids is 1. The highest BCUT2D eigenvalue weighted by Crippen LogP contribution is 2.50. The molecule has 0 spiro atoms.